The summed E-state index contributed by atoms with van der Waals surface area (Å²) in [6.45, 7) is 3.98. The highest BCUT2D eigenvalue weighted by Crippen LogP contribution is 2.39. The minimum Gasteiger partial charge on any atom is -0.496 e. The summed E-state index contributed by atoms with van der Waals surface area (Å²) >= 11 is 0. The number of pyridine rings is 1. The number of hydrogen-bond donors (Lipinski definition) is 1. The molecule has 0 unspecified atom stereocenters. The van der Waals surface area contributed by atoms with E-state index in [1.807, 2.05) is 50.3 Å². The summed E-state index contributed by atoms with van der Waals surface area (Å²) in [5.74, 6) is 1.24. The molecule has 0 fully saturated rings. The number of nitrogens with one attached hydrogen (secondary N) is 1. The van der Waals surface area contributed by atoms with E-state index in [9.17, 15) is 4.79 Å². The van der Waals surface area contributed by atoms with Gasteiger partial charge in [0.15, 0.2) is 0 Å². The van der Waals surface area contributed by atoms with Crippen molar-refractivity contribution in [1.82, 2.24) is 4.98 Å². The highest BCUT2D eigenvalue weighted by Gasteiger charge is 2.25. The van der Waals surface area contributed by atoms with Crippen molar-refractivity contribution in [3.8, 4) is 11.5 Å². The Morgan fingerprint density at radius 3 is 2.78 bits per heavy atom. The Hall–Kier alpha value is -2.75. The Labute approximate surface area is 133 Å². The van der Waals surface area contributed by atoms with Gasteiger partial charge in [-0.15, -0.1) is 0 Å². The zero-order valence-electron chi connectivity index (χ0n) is 13.3. The second-order valence-electron chi connectivity index (χ2n) is 6.28. The molecule has 3 aromatic rings. The van der Waals surface area contributed by atoms with E-state index < -0.39 is 0 Å². The average molecular weight is 307 g/mol. The Kier molecular flexibility index (Phi) is 2.79. The van der Waals surface area contributed by atoms with Gasteiger partial charge in [-0.25, -0.2) is 0 Å². The third-order valence-corrected chi connectivity index (χ3v) is 4.20. The van der Waals surface area contributed by atoms with E-state index in [0.717, 1.165) is 16.6 Å². The molecule has 2 aromatic carbocycles. The Bertz CT molecular complexity index is 1030. The first-order valence-electron chi connectivity index (χ1n) is 7.54. The van der Waals surface area contributed by atoms with E-state index in [0.29, 0.717) is 22.3 Å². The number of ether oxygens (including phenoxy) is 2. The lowest BCUT2D eigenvalue weighted by Gasteiger charge is -2.28. The minimum absolute atomic E-state index is 0.0350. The Morgan fingerprint density at radius 2 is 2.00 bits per heavy atom. The van der Waals surface area contributed by atoms with Crippen molar-refractivity contribution in [3.05, 3.63) is 52.2 Å². The predicted octanol–water partition coefficient (Wildman–Crippen LogP) is 3.87. The van der Waals surface area contributed by atoms with Crippen molar-refractivity contribution in [2.24, 2.45) is 0 Å². The third-order valence-electron chi connectivity index (χ3n) is 4.20. The lowest BCUT2D eigenvalue weighted by atomic mass is 9.98. The molecule has 0 amide bonds. The molecule has 1 aromatic heterocycles. The molecule has 1 N–H and O–H groups in total. The van der Waals surface area contributed by atoms with Crippen molar-refractivity contribution in [1.29, 1.82) is 0 Å². The molecule has 0 spiro atoms. The monoisotopic (exact) mass is 307 g/mol. The molecule has 0 atom stereocenters. The van der Waals surface area contributed by atoms with Gasteiger partial charge in [-0.3, -0.25) is 4.79 Å². The molecule has 1 aliphatic heterocycles. The number of H-pyrrole nitrogens is 1. The first-order valence-corrected chi connectivity index (χ1v) is 7.54. The van der Waals surface area contributed by atoms with Crippen molar-refractivity contribution in [2.45, 2.75) is 19.4 Å². The molecule has 23 heavy (non-hydrogen) atoms. The van der Waals surface area contributed by atoms with Gasteiger partial charge in [0.1, 0.15) is 17.1 Å². The van der Waals surface area contributed by atoms with Crippen LogP contribution in [0, 0.1) is 0 Å². The molecule has 116 valence electrons. The summed E-state index contributed by atoms with van der Waals surface area (Å²) in [5, 5.41) is 1.21. The minimum atomic E-state index is -0.386. The largest absolute Gasteiger partial charge is 0.496 e. The van der Waals surface area contributed by atoms with Crippen LogP contribution in [0.15, 0.2) is 41.2 Å². The molecule has 4 heteroatoms. The number of benzene rings is 2. The van der Waals surface area contributed by atoms with Crippen molar-refractivity contribution < 1.29 is 9.47 Å². The maximum absolute atomic E-state index is 12.9. The number of aromatic amines is 1. The first kappa shape index (κ1) is 13.9. The van der Waals surface area contributed by atoms with Gasteiger partial charge in [0, 0.05) is 22.5 Å². The number of rotatable bonds is 1. The molecular formula is C19H17NO3. The number of fused-ring (bicyclic) bond motifs is 4. The zero-order valence-corrected chi connectivity index (χ0v) is 13.3. The summed E-state index contributed by atoms with van der Waals surface area (Å²) in [4.78, 5) is 16.3. The van der Waals surface area contributed by atoms with Gasteiger partial charge in [0.05, 0.1) is 18.0 Å². The van der Waals surface area contributed by atoms with Crippen LogP contribution >= 0.6 is 0 Å². The second-order valence-corrected chi connectivity index (χ2v) is 6.28. The van der Waals surface area contributed by atoms with Crippen LogP contribution in [0.5, 0.6) is 11.5 Å². The highest BCUT2D eigenvalue weighted by molar-refractivity contribution is 6.01. The van der Waals surface area contributed by atoms with Gasteiger partial charge in [0.25, 0.3) is 0 Å². The van der Waals surface area contributed by atoms with Crippen LogP contribution in [0.1, 0.15) is 19.4 Å². The number of hydrogen-bond acceptors (Lipinski definition) is 3. The molecule has 0 bridgehead atoms. The topological polar surface area (TPSA) is 51.3 Å². The van der Waals surface area contributed by atoms with Crippen LogP contribution in [-0.4, -0.2) is 17.7 Å². The van der Waals surface area contributed by atoms with Crippen LogP contribution < -0.4 is 14.9 Å². The highest BCUT2D eigenvalue weighted by atomic mass is 16.5. The normalized spacial score (nSPS) is 15.4. The van der Waals surface area contributed by atoms with Gasteiger partial charge in [-0.05, 0) is 38.1 Å². The van der Waals surface area contributed by atoms with Crippen LogP contribution in [0.25, 0.3) is 27.9 Å². The maximum Gasteiger partial charge on any atom is 0.200 e. The molecule has 0 radical (unpaired) electrons. The van der Waals surface area contributed by atoms with E-state index >= 15 is 0 Å². The van der Waals surface area contributed by atoms with Gasteiger partial charge < -0.3 is 14.5 Å². The zero-order chi connectivity index (χ0) is 16.2. The fourth-order valence-corrected chi connectivity index (χ4v) is 3.08. The van der Waals surface area contributed by atoms with E-state index in [4.69, 9.17) is 9.47 Å². The van der Waals surface area contributed by atoms with Crippen LogP contribution in [-0.2, 0) is 0 Å². The quantitative estimate of drug-likeness (QED) is 0.694. The fourth-order valence-electron chi connectivity index (χ4n) is 3.08. The maximum atomic E-state index is 12.9. The van der Waals surface area contributed by atoms with Crippen molar-refractivity contribution in [3.63, 3.8) is 0 Å². The number of para-hydroxylation sites is 1. The molecule has 4 rings (SSSR count). The SMILES string of the molecule is COc1cc2c(c3[nH]c4ccccc4c(=O)c13)C=CC(C)(C)O2. The Morgan fingerprint density at radius 1 is 1.22 bits per heavy atom. The molecule has 4 nitrogen and oxygen atoms in total. The lowest BCUT2D eigenvalue weighted by Crippen LogP contribution is -2.27. The molecule has 0 saturated carbocycles. The smallest absolute Gasteiger partial charge is 0.200 e. The summed E-state index contributed by atoms with van der Waals surface area (Å²) in [7, 11) is 1.57. The van der Waals surface area contributed by atoms with Crippen LogP contribution in [0.3, 0.4) is 0 Å². The van der Waals surface area contributed by atoms with E-state index in [2.05, 4.69) is 4.98 Å². The summed E-state index contributed by atoms with van der Waals surface area (Å²) in [6, 6.07) is 9.29. The third kappa shape index (κ3) is 2.02. The van der Waals surface area contributed by atoms with E-state index in [1.54, 1.807) is 13.2 Å². The molecule has 2 heterocycles. The van der Waals surface area contributed by atoms with Crippen LogP contribution in [0.2, 0.25) is 0 Å². The standard InChI is InChI=1S/C19H17NO3/c1-19(2)9-8-12-14(23-19)10-15(22-3)16-17(12)20-13-7-5-4-6-11(13)18(16)21/h4-10H,1-3H3,(H,20,21). The van der Waals surface area contributed by atoms with Crippen LogP contribution in [0.4, 0.5) is 0 Å². The molecule has 0 aliphatic carbocycles. The first-order chi connectivity index (χ1) is 11.0. The van der Waals surface area contributed by atoms with E-state index in [1.165, 1.54) is 0 Å². The lowest BCUT2D eigenvalue weighted by molar-refractivity contribution is 0.159. The van der Waals surface area contributed by atoms with Gasteiger partial charge in [0.2, 0.25) is 5.43 Å². The predicted molar refractivity (Wildman–Crippen MR) is 92.4 cm³/mol. The van der Waals surface area contributed by atoms with Gasteiger partial charge >= 0.3 is 0 Å². The van der Waals surface area contributed by atoms with Gasteiger partial charge in [-0.1, -0.05) is 12.1 Å². The summed E-state index contributed by atoms with van der Waals surface area (Å²) < 4.78 is 11.5. The number of aromatic nitrogens is 1. The molecular weight excluding hydrogens is 290 g/mol. The van der Waals surface area contributed by atoms with Crippen molar-refractivity contribution in [2.75, 3.05) is 7.11 Å². The number of methoxy groups -OCH3 is 1. The molecule has 1 aliphatic rings. The average Bonchev–Trinajstić information content (AvgIpc) is 2.53. The molecule has 0 saturated heterocycles. The Balaban J connectivity index is 2.20. The van der Waals surface area contributed by atoms with Gasteiger partial charge in [-0.2, -0.15) is 0 Å². The fraction of sp³-hybridized carbons (Fsp3) is 0.211. The summed E-state index contributed by atoms with van der Waals surface area (Å²) in [5.41, 5.74) is 2.01. The summed E-state index contributed by atoms with van der Waals surface area (Å²) in [6.07, 6.45) is 4.00. The van der Waals surface area contributed by atoms with Crippen molar-refractivity contribution >= 4 is 27.9 Å². The van der Waals surface area contributed by atoms with E-state index in [-0.39, 0.29) is 11.0 Å². The second kappa shape index (κ2) is 4.62.